The Morgan fingerprint density at radius 2 is 2.31 bits per heavy atom. The van der Waals surface area contributed by atoms with Crippen molar-refractivity contribution in [1.82, 2.24) is 8.81 Å². The molecule has 66 valence electrons. The monoisotopic (exact) mass is 258 g/mol. The van der Waals surface area contributed by atoms with E-state index >= 15 is 0 Å². The van der Waals surface area contributed by atoms with Gasteiger partial charge < -0.3 is 0 Å². The standard InChI is InChI=1S/C8H4BrClN2O/c9-12-8-5(3-11-12)1-7(10)2-6(8)4-13/h1-4H. The van der Waals surface area contributed by atoms with Gasteiger partial charge in [0.15, 0.2) is 6.29 Å². The minimum absolute atomic E-state index is 0.525. The molecule has 0 aliphatic rings. The molecule has 0 fully saturated rings. The van der Waals surface area contributed by atoms with E-state index < -0.39 is 0 Å². The molecule has 2 aromatic rings. The Kier molecular flexibility index (Phi) is 2.09. The number of carbonyl (C=O) groups is 1. The number of hydrogen-bond acceptors (Lipinski definition) is 2. The number of rotatable bonds is 1. The summed E-state index contributed by atoms with van der Waals surface area (Å²) < 4.78 is 1.47. The number of fused-ring (bicyclic) bond motifs is 1. The molecule has 1 heterocycles. The number of hydrogen-bond donors (Lipinski definition) is 0. The highest BCUT2D eigenvalue weighted by molar-refractivity contribution is 9.08. The Bertz CT molecular complexity index is 480. The zero-order valence-electron chi connectivity index (χ0n) is 6.37. The fraction of sp³-hybridized carbons (Fsp3) is 0. The number of halogens is 2. The summed E-state index contributed by atoms with van der Waals surface area (Å²) in [4.78, 5) is 10.7. The predicted molar refractivity (Wildman–Crippen MR) is 54.5 cm³/mol. The van der Waals surface area contributed by atoms with Crippen molar-refractivity contribution in [3.63, 3.8) is 0 Å². The maximum absolute atomic E-state index is 10.7. The minimum Gasteiger partial charge on any atom is -0.298 e. The predicted octanol–water partition coefficient (Wildman–Crippen LogP) is 2.66. The molecule has 0 saturated carbocycles. The largest absolute Gasteiger partial charge is 0.298 e. The van der Waals surface area contributed by atoms with Gasteiger partial charge >= 0.3 is 0 Å². The fourth-order valence-electron chi connectivity index (χ4n) is 1.21. The SMILES string of the molecule is O=Cc1cc(Cl)cc2cnn(Br)c12. The molecule has 2 rings (SSSR count). The lowest BCUT2D eigenvalue weighted by Gasteiger charge is -1.97. The maximum atomic E-state index is 10.7. The molecule has 0 bridgehead atoms. The number of aromatic nitrogens is 2. The van der Waals surface area contributed by atoms with E-state index in [0.717, 1.165) is 17.2 Å². The summed E-state index contributed by atoms with van der Waals surface area (Å²) in [5.74, 6) is 0. The van der Waals surface area contributed by atoms with Crippen molar-refractivity contribution < 1.29 is 4.79 Å². The van der Waals surface area contributed by atoms with Gasteiger partial charge in [-0.15, -0.1) is 0 Å². The fourth-order valence-corrected chi connectivity index (χ4v) is 1.95. The highest BCUT2D eigenvalue weighted by atomic mass is 79.9. The van der Waals surface area contributed by atoms with Crippen LogP contribution in [0.2, 0.25) is 5.02 Å². The normalized spacial score (nSPS) is 10.6. The van der Waals surface area contributed by atoms with Gasteiger partial charge in [-0.1, -0.05) is 11.6 Å². The second-order valence-electron chi connectivity index (χ2n) is 2.56. The van der Waals surface area contributed by atoms with Crippen LogP contribution in [0.25, 0.3) is 10.9 Å². The summed E-state index contributed by atoms with van der Waals surface area (Å²) in [5.41, 5.74) is 1.26. The second kappa shape index (κ2) is 3.12. The third-order valence-corrected chi connectivity index (χ3v) is 2.50. The van der Waals surface area contributed by atoms with E-state index in [1.807, 2.05) is 0 Å². The Hall–Kier alpha value is -0.870. The van der Waals surface area contributed by atoms with Crippen molar-refractivity contribution in [3.8, 4) is 0 Å². The second-order valence-corrected chi connectivity index (χ2v) is 3.66. The van der Waals surface area contributed by atoms with Gasteiger partial charge in [-0.3, -0.25) is 4.79 Å². The molecular weight excluding hydrogens is 255 g/mol. The van der Waals surface area contributed by atoms with Gasteiger partial charge in [0.05, 0.1) is 27.9 Å². The first kappa shape index (κ1) is 8.72. The lowest BCUT2D eigenvalue weighted by atomic mass is 10.2. The average molecular weight is 259 g/mol. The van der Waals surface area contributed by atoms with Gasteiger partial charge in [-0.25, -0.2) is 0 Å². The summed E-state index contributed by atoms with van der Waals surface area (Å²) in [6, 6.07) is 3.37. The summed E-state index contributed by atoms with van der Waals surface area (Å²) in [6.45, 7) is 0. The topological polar surface area (TPSA) is 34.9 Å². The van der Waals surface area contributed by atoms with Gasteiger partial charge in [0, 0.05) is 16.0 Å². The maximum Gasteiger partial charge on any atom is 0.152 e. The lowest BCUT2D eigenvalue weighted by molar-refractivity contribution is 0.112. The van der Waals surface area contributed by atoms with Gasteiger partial charge in [0.2, 0.25) is 0 Å². The van der Waals surface area contributed by atoms with E-state index in [1.54, 1.807) is 18.3 Å². The van der Waals surface area contributed by atoms with E-state index in [4.69, 9.17) is 11.6 Å². The average Bonchev–Trinajstić information content (AvgIpc) is 2.46. The molecule has 3 nitrogen and oxygen atoms in total. The van der Waals surface area contributed by atoms with Crippen molar-refractivity contribution >= 4 is 44.9 Å². The molecule has 0 atom stereocenters. The van der Waals surface area contributed by atoms with Crippen LogP contribution in [0.1, 0.15) is 10.4 Å². The van der Waals surface area contributed by atoms with E-state index in [2.05, 4.69) is 21.2 Å². The van der Waals surface area contributed by atoms with Crippen LogP contribution in [0.3, 0.4) is 0 Å². The quantitative estimate of drug-likeness (QED) is 0.738. The van der Waals surface area contributed by atoms with Crippen LogP contribution in [0, 0.1) is 0 Å². The first-order valence-electron chi connectivity index (χ1n) is 3.51. The Balaban J connectivity index is 2.92. The van der Waals surface area contributed by atoms with Crippen molar-refractivity contribution in [2.24, 2.45) is 0 Å². The first-order chi connectivity index (χ1) is 6.22. The summed E-state index contributed by atoms with van der Waals surface area (Å²) in [6.07, 6.45) is 2.40. The molecule has 5 heteroatoms. The number of carbonyl (C=O) groups excluding carboxylic acids is 1. The van der Waals surface area contributed by atoms with Crippen LogP contribution >= 0.6 is 27.7 Å². The van der Waals surface area contributed by atoms with Crippen molar-refractivity contribution in [1.29, 1.82) is 0 Å². The Morgan fingerprint density at radius 3 is 3.00 bits per heavy atom. The van der Waals surface area contributed by atoms with Crippen molar-refractivity contribution in [2.75, 3.05) is 0 Å². The Morgan fingerprint density at radius 1 is 1.54 bits per heavy atom. The first-order valence-corrected chi connectivity index (χ1v) is 4.59. The van der Waals surface area contributed by atoms with Crippen LogP contribution in [0.15, 0.2) is 18.3 Å². The molecular formula is C8H4BrClN2O. The van der Waals surface area contributed by atoms with Gasteiger partial charge in [-0.2, -0.15) is 8.81 Å². The molecule has 0 unspecified atom stereocenters. The molecule has 0 amide bonds. The van der Waals surface area contributed by atoms with Gasteiger partial charge in [0.1, 0.15) is 0 Å². The highest BCUT2D eigenvalue weighted by Gasteiger charge is 2.07. The van der Waals surface area contributed by atoms with E-state index in [-0.39, 0.29) is 0 Å². The van der Waals surface area contributed by atoms with Crippen LogP contribution < -0.4 is 0 Å². The number of aldehydes is 1. The van der Waals surface area contributed by atoms with Crippen molar-refractivity contribution in [3.05, 3.63) is 28.9 Å². The third kappa shape index (κ3) is 1.36. The molecule has 0 spiro atoms. The number of nitrogens with zero attached hydrogens (tertiary/aromatic N) is 2. The van der Waals surface area contributed by atoms with E-state index in [0.29, 0.717) is 10.6 Å². The molecule has 13 heavy (non-hydrogen) atoms. The minimum atomic E-state index is 0.525. The zero-order chi connectivity index (χ0) is 9.42. The summed E-state index contributed by atoms with van der Waals surface area (Å²) in [7, 11) is 0. The van der Waals surface area contributed by atoms with Crippen LogP contribution in [0.5, 0.6) is 0 Å². The molecule has 1 aromatic heterocycles. The summed E-state index contributed by atoms with van der Waals surface area (Å²) in [5, 5.41) is 5.34. The van der Waals surface area contributed by atoms with Crippen LogP contribution in [0.4, 0.5) is 0 Å². The smallest absolute Gasteiger partial charge is 0.152 e. The molecule has 0 radical (unpaired) electrons. The zero-order valence-corrected chi connectivity index (χ0v) is 8.71. The molecule has 0 aliphatic heterocycles. The van der Waals surface area contributed by atoms with Crippen molar-refractivity contribution in [2.45, 2.75) is 0 Å². The van der Waals surface area contributed by atoms with Gasteiger partial charge in [0.25, 0.3) is 0 Å². The highest BCUT2D eigenvalue weighted by Crippen LogP contribution is 2.23. The molecule has 0 N–H and O–H groups in total. The van der Waals surface area contributed by atoms with E-state index in [1.165, 1.54) is 3.71 Å². The molecule has 0 saturated heterocycles. The van der Waals surface area contributed by atoms with Gasteiger partial charge in [-0.05, 0) is 12.1 Å². The molecule has 1 aromatic carbocycles. The Labute approximate surface area is 87.6 Å². The number of benzene rings is 1. The molecule has 0 aliphatic carbocycles. The van der Waals surface area contributed by atoms with Crippen LogP contribution in [-0.4, -0.2) is 15.1 Å². The lowest BCUT2D eigenvalue weighted by Crippen LogP contribution is -1.87. The van der Waals surface area contributed by atoms with E-state index in [9.17, 15) is 4.79 Å². The third-order valence-electron chi connectivity index (χ3n) is 1.74. The van der Waals surface area contributed by atoms with Crippen LogP contribution in [-0.2, 0) is 0 Å². The summed E-state index contributed by atoms with van der Waals surface area (Å²) >= 11 is 8.99.